The van der Waals surface area contributed by atoms with E-state index in [2.05, 4.69) is 10.9 Å². The standard InChI is InChI=1S/C13H13FN2O2/c1-2-3-4-5-12(17)15-16-13(18)10-6-8-11(14)9-7-10/h2-9H,1H3,(H,15,17)(H,16,18)/b3-2+,5-4+. The van der Waals surface area contributed by atoms with Crippen LogP contribution in [0.1, 0.15) is 17.3 Å². The van der Waals surface area contributed by atoms with E-state index in [1.54, 1.807) is 18.2 Å². The molecule has 18 heavy (non-hydrogen) atoms. The van der Waals surface area contributed by atoms with Gasteiger partial charge in [0.2, 0.25) is 0 Å². The zero-order chi connectivity index (χ0) is 13.4. The lowest BCUT2D eigenvalue weighted by atomic mass is 10.2. The second kappa shape index (κ2) is 7.01. The van der Waals surface area contributed by atoms with Crippen LogP contribution in [-0.4, -0.2) is 11.8 Å². The molecule has 0 aromatic heterocycles. The van der Waals surface area contributed by atoms with Gasteiger partial charge >= 0.3 is 0 Å². The molecule has 94 valence electrons. The van der Waals surface area contributed by atoms with Crippen LogP contribution in [0.2, 0.25) is 0 Å². The Morgan fingerprint density at radius 2 is 1.78 bits per heavy atom. The Morgan fingerprint density at radius 3 is 2.39 bits per heavy atom. The number of hydrazine groups is 1. The molecule has 0 aliphatic rings. The quantitative estimate of drug-likeness (QED) is 0.486. The van der Waals surface area contributed by atoms with Gasteiger partial charge in [-0.1, -0.05) is 18.2 Å². The molecule has 0 aliphatic heterocycles. The summed E-state index contributed by atoms with van der Waals surface area (Å²) in [5.41, 5.74) is 4.67. The number of nitrogens with one attached hydrogen (secondary N) is 2. The normalized spacial score (nSPS) is 10.8. The number of carbonyl (C=O) groups is 2. The second-order valence-electron chi connectivity index (χ2n) is 3.34. The van der Waals surface area contributed by atoms with E-state index in [-0.39, 0.29) is 5.56 Å². The highest BCUT2D eigenvalue weighted by atomic mass is 19.1. The van der Waals surface area contributed by atoms with Gasteiger partial charge in [0.1, 0.15) is 5.82 Å². The van der Waals surface area contributed by atoms with Crippen molar-refractivity contribution in [1.29, 1.82) is 0 Å². The average Bonchev–Trinajstić information content (AvgIpc) is 2.37. The molecule has 1 rings (SSSR count). The maximum Gasteiger partial charge on any atom is 0.269 e. The van der Waals surface area contributed by atoms with Gasteiger partial charge in [0.15, 0.2) is 0 Å². The van der Waals surface area contributed by atoms with Crippen molar-refractivity contribution in [2.45, 2.75) is 6.92 Å². The van der Waals surface area contributed by atoms with E-state index in [1.165, 1.54) is 30.3 Å². The third-order valence-electron chi connectivity index (χ3n) is 1.96. The minimum Gasteiger partial charge on any atom is -0.268 e. The summed E-state index contributed by atoms with van der Waals surface area (Å²) >= 11 is 0. The summed E-state index contributed by atoms with van der Waals surface area (Å²) in [6.07, 6.45) is 6.26. The van der Waals surface area contributed by atoms with Crippen LogP contribution in [0.25, 0.3) is 0 Å². The SMILES string of the molecule is C/C=C/C=C/C(=O)NNC(=O)c1ccc(F)cc1. The summed E-state index contributed by atoms with van der Waals surface area (Å²) in [6.45, 7) is 1.82. The van der Waals surface area contributed by atoms with E-state index in [0.29, 0.717) is 0 Å². The van der Waals surface area contributed by atoms with Crippen molar-refractivity contribution in [3.05, 3.63) is 60.0 Å². The predicted octanol–water partition coefficient (Wildman–Crippen LogP) is 1.72. The zero-order valence-electron chi connectivity index (χ0n) is 9.81. The van der Waals surface area contributed by atoms with Crippen molar-refractivity contribution in [3.8, 4) is 0 Å². The van der Waals surface area contributed by atoms with Crippen molar-refractivity contribution >= 4 is 11.8 Å². The fourth-order valence-corrected chi connectivity index (χ4v) is 1.09. The Labute approximate surface area is 104 Å². The molecule has 4 nitrogen and oxygen atoms in total. The summed E-state index contributed by atoms with van der Waals surface area (Å²) in [6, 6.07) is 4.99. The molecular formula is C13H13FN2O2. The number of carbonyl (C=O) groups excluding carboxylic acids is 2. The van der Waals surface area contributed by atoms with Crippen LogP contribution in [0.15, 0.2) is 48.6 Å². The monoisotopic (exact) mass is 248 g/mol. The van der Waals surface area contributed by atoms with Gasteiger partial charge in [-0.25, -0.2) is 4.39 Å². The van der Waals surface area contributed by atoms with Crippen molar-refractivity contribution in [2.75, 3.05) is 0 Å². The molecule has 5 heteroatoms. The number of benzene rings is 1. The number of amides is 2. The van der Waals surface area contributed by atoms with Crippen LogP contribution in [0.5, 0.6) is 0 Å². The maximum atomic E-state index is 12.6. The lowest BCUT2D eigenvalue weighted by Gasteiger charge is -2.04. The van der Waals surface area contributed by atoms with Gasteiger partial charge in [0, 0.05) is 11.6 Å². The Balaban J connectivity index is 2.46. The third kappa shape index (κ3) is 4.61. The number of hydrogen-bond acceptors (Lipinski definition) is 2. The summed E-state index contributed by atoms with van der Waals surface area (Å²) < 4.78 is 12.6. The molecule has 2 amide bonds. The van der Waals surface area contributed by atoms with Crippen molar-refractivity contribution < 1.29 is 14.0 Å². The van der Waals surface area contributed by atoms with Gasteiger partial charge in [0.05, 0.1) is 0 Å². The number of hydrogen-bond donors (Lipinski definition) is 2. The largest absolute Gasteiger partial charge is 0.269 e. The smallest absolute Gasteiger partial charge is 0.268 e. The van der Waals surface area contributed by atoms with Crippen LogP contribution >= 0.6 is 0 Å². The molecule has 0 bridgehead atoms. The molecule has 2 N–H and O–H groups in total. The van der Waals surface area contributed by atoms with Crippen molar-refractivity contribution in [2.24, 2.45) is 0 Å². The highest BCUT2D eigenvalue weighted by Crippen LogP contribution is 2.01. The summed E-state index contributed by atoms with van der Waals surface area (Å²) in [7, 11) is 0. The Bertz CT molecular complexity index is 478. The lowest BCUT2D eigenvalue weighted by molar-refractivity contribution is -0.117. The molecule has 0 atom stereocenters. The highest BCUT2D eigenvalue weighted by Gasteiger charge is 2.05. The summed E-state index contributed by atoms with van der Waals surface area (Å²) in [4.78, 5) is 22.7. The first-order valence-electron chi connectivity index (χ1n) is 5.28. The molecule has 0 radical (unpaired) electrons. The minimum absolute atomic E-state index is 0.258. The molecule has 0 heterocycles. The Kier molecular flexibility index (Phi) is 5.31. The Hall–Kier alpha value is -2.43. The van der Waals surface area contributed by atoms with Gasteiger partial charge in [0.25, 0.3) is 11.8 Å². The molecular weight excluding hydrogens is 235 g/mol. The van der Waals surface area contributed by atoms with E-state index in [0.717, 1.165) is 0 Å². The second-order valence-corrected chi connectivity index (χ2v) is 3.34. The van der Waals surface area contributed by atoms with Gasteiger partial charge in [-0.15, -0.1) is 0 Å². The van der Waals surface area contributed by atoms with E-state index in [4.69, 9.17) is 0 Å². The van der Waals surface area contributed by atoms with Crippen LogP contribution < -0.4 is 10.9 Å². The number of halogens is 1. The Morgan fingerprint density at radius 1 is 1.11 bits per heavy atom. The lowest BCUT2D eigenvalue weighted by Crippen LogP contribution is -2.40. The molecule has 0 saturated heterocycles. The van der Waals surface area contributed by atoms with Crippen molar-refractivity contribution in [1.82, 2.24) is 10.9 Å². The minimum atomic E-state index is -0.511. The van der Waals surface area contributed by atoms with Gasteiger partial charge in [-0.3, -0.25) is 20.4 Å². The predicted molar refractivity (Wildman–Crippen MR) is 66.0 cm³/mol. The molecule has 1 aromatic carbocycles. The molecule has 0 spiro atoms. The van der Waals surface area contributed by atoms with E-state index >= 15 is 0 Å². The van der Waals surface area contributed by atoms with Gasteiger partial charge < -0.3 is 0 Å². The molecule has 1 aromatic rings. The van der Waals surface area contributed by atoms with Crippen LogP contribution in [0.3, 0.4) is 0 Å². The average molecular weight is 248 g/mol. The van der Waals surface area contributed by atoms with Crippen LogP contribution in [0, 0.1) is 5.82 Å². The van der Waals surface area contributed by atoms with Crippen LogP contribution in [0.4, 0.5) is 4.39 Å². The van der Waals surface area contributed by atoms with Gasteiger partial charge in [-0.2, -0.15) is 0 Å². The molecule has 0 unspecified atom stereocenters. The summed E-state index contributed by atoms with van der Waals surface area (Å²) in [5, 5.41) is 0. The molecule has 0 saturated carbocycles. The van der Waals surface area contributed by atoms with Crippen molar-refractivity contribution in [3.63, 3.8) is 0 Å². The number of allylic oxidation sites excluding steroid dienone is 3. The maximum absolute atomic E-state index is 12.6. The van der Waals surface area contributed by atoms with Crippen LogP contribution in [-0.2, 0) is 4.79 Å². The first-order chi connectivity index (χ1) is 8.63. The van der Waals surface area contributed by atoms with Gasteiger partial charge in [-0.05, 0) is 31.2 Å². The topological polar surface area (TPSA) is 58.2 Å². The molecule has 0 fully saturated rings. The highest BCUT2D eigenvalue weighted by molar-refractivity contribution is 5.96. The fraction of sp³-hybridized carbons (Fsp3) is 0.0769. The zero-order valence-corrected chi connectivity index (χ0v) is 9.81. The van der Waals surface area contributed by atoms with E-state index in [9.17, 15) is 14.0 Å². The fourth-order valence-electron chi connectivity index (χ4n) is 1.09. The van der Waals surface area contributed by atoms with E-state index < -0.39 is 17.6 Å². The number of rotatable bonds is 3. The summed E-state index contributed by atoms with van der Waals surface area (Å²) in [5.74, 6) is -1.39. The van der Waals surface area contributed by atoms with E-state index in [1.807, 2.05) is 6.92 Å². The first kappa shape index (κ1) is 13.6. The molecule has 0 aliphatic carbocycles. The third-order valence-corrected chi connectivity index (χ3v) is 1.96. The first-order valence-corrected chi connectivity index (χ1v) is 5.28.